The van der Waals surface area contributed by atoms with Crippen molar-refractivity contribution in [3.8, 4) is 0 Å². The van der Waals surface area contributed by atoms with Gasteiger partial charge in [0.15, 0.2) is 0 Å². The van der Waals surface area contributed by atoms with Crippen LogP contribution >= 0.6 is 0 Å². The second-order valence-corrected chi connectivity index (χ2v) is 6.29. The number of pyridine rings is 1. The van der Waals surface area contributed by atoms with Crippen molar-refractivity contribution < 1.29 is 12.8 Å². The zero-order valence-corrected chi connectivity index (χ0v) is 11.6. The number of nitrogen functional groups attached to an aromatic ring is 1. The third-order valence-electron chi connectivity index (χ3n) is 2.78. The lowest BCUT2D eigenvalue weighted by Crippen LogP contribution is -2.27. The highest BCUT2D eigenvalue weighted by atomic mass is 32.2. The number of hydrogen-bond donors (Lipinski definition) is 1. The molecule has 0 atom stereocenters. The van der Waals surface area contributed by atoms with Crippen LogP contribution in [-0.2, 0) is 16.6 Å². The number of sulfonamides is 1. The Labute approximate surface area is 116 Å². The first-order chi connectivity index (χ1) is 9.41. The minimum atomic E-state index is -3.76. The number of nitrogens with zero attached hydrogens (tertiary/aromatic N) is 2. The van der Waals surface area contributed by atoms with Gasteiger partial charge >= 0.3 is 0 Å². The molecule has 0 aliphatic heterocycles. The van der Waals surface area contributed by atoms with Gasteiger partial charge < -0.3 is 5.73 Å². The number of anilines is 1. The molecule has 7 heteroatoms. The molecule has 0 unspecified atom stereocenters. The van der Waals surface area contributed by atoms with Crippen molar-refractivity contribution in [2.45, 2.75) is 11.4 Å². The van der Waals surface area contributed by atoms with Gasteiger partial charge in [0.25, 0.3) is 0 Å². The highest BCUT2D eigenvalue weighted by Gasteiger charge is 2.23. The van der Waals surface area contributed by atoms with E-state index < -0.39 is 15.8 Å². The van der Waals surface area contributed by atoms with E-state index in [0.717, 1.165) is 4.31 Å². The Morgan fingerprint density at radius 1 is 1.30 bits per heavy atom. The third kappa shape index (κ3) is 2.94. The quantitative estimate of drug-likeness (QED) is 0.930. The first-order valence-corrected chi connectivity index (χ1v) is 7.26. The van der Waals surface area contributed by atoms with Gasteiger partial charge in [0.05, 0.1) is 0 Å². The summed E-state index contributed by atoms with van der Waals surface area (Å²) >= 11 is 0. The molecule has 1 aromatic heterocycles. The molecule has 5 nitrogen and oxygen atoms in total. The minimum Gasteiger partial charge on any atom is -0.383 e. The van der Waals surface area contributed by atoms with E-state index in [1.54, 1.807) is 6.07 Å². The van der Waals surface area contributed by atoms with Crippen LogP contribution in [0.1, 0.15) is 5.56 Å². The number of hydrogen-bond acceptors (Lipinski definition) is 4. The Kier molecular flexibility index (Phi) is 4.01. The second kappa shape index (κ2) is 5.56. The van der Waals surface area contributed by atoms with E-state index in [9.17, 15) is 12.8 Å². The SMILES string of the molecule is CN(Cc1cccc(F)c1)S(=O)(=O)c1cccnc1N. The molecule has 0 saturated heterocycles. The zero-order valence-electron chi connectivity index (χ0n) is 10.8. The number of rotatable bonds is 4. The van der Waals surface area contributed by atoms with E-state index in [1.807, 2.05) is 0 Å². The van der Waals surface area contributed by atoms with Crippen molar-refractivity contribution in [1.82, 2.24) is 9.29 Å². The summed E-state index contributed by atoms with van der Waals surface area (Å²) in [5.74, 6) is -0.465. The monoisotopic (exact) mass is 295 g/mol. The van der Waals surface area contributed by atoms with Crippen molar-refractivity contribution in [2.24, 2.45) is 0 Å². The zero-order chi connectivity index (χ0) is 14.8. The van der Waals surface area contributed by atoms with Crippen molar-refractivity contribution in [3.63, 3.8) is 0 Å². The number of aromatic nitrogens is 1. The van der Waals surface area contributed by atoms with Crippen molar-refractivity contribution in [1.29, 1.82) is 0 Å². The van der Waals surface area contributed by atoms with Crippen molar-refractivity contribution in [3.05, 3.63) is 54.0 Å². The van der Waals surface area contributed by atoms with Crippen LogP contribution in [-0.4, -0.2) is 24.8 Å². The van der Waals surface area contributed by atoms with Crippen molar-refractivity contribution in [2.75, 3.05) is 12.8 Å². The molecular weight excluding hydrogens is 281 g/mol. The molecule has 0 saturated carbocycles. The van der Waals surface area contributed by atoms with Crippen LogP contribution in [0, 0.1) is 5.82 Å². The van der Waals surface area contributed by atoms with Gasteiger partial charge in [0, 0.05) is 19.8 Å². The fourth-order valence-corrected chi connectivity index (χ4v) is 2.99. The lowest BCUT2D eigenvalue weighted by Gasteiger charge is -2.18. The molecule has 1 aromatic carbocycles. The van der Waals surface area contributed by atoms with Crippen LogP contribution in [0.25, 0.3) is 0 Å². The molecule has 0 aliphatic rings. The molecular formula is C13H14FN3O2S. The molecule has 0 fully saturated rings. The predicted octanol–water partition coefficient (Wildman–Crippen LogP) is 1.62. The average molecular weight is 295 g/mol. The summed E-state index contributed by atoms with van der Waals surface area (Å²) in [6, 6.07) is 8.67. The summed E-state index contributed by atoms with van der Waals surface area (Å²) in [5, 5.41) is 0. The average Bonchev–Trinajstić information content (AvgIpc) is 2.39. The topological polar surface area (TPSA) is 76.3 Å². The summed E-state index contributed by atoms with van der Waals surface area (Å²) in [6.45, 7) is 0.0500. The van der Waals surface area contributed by atoms with E-state index >= 15 is 0 Å². The van der Waals surface area contributed by atoms with E-state index in [-0.39, 0.29) is 17.3 Å². The van der Waals surface area contributed by atoms with Crippen LogP contribution in [0.2, 0.25) is 0 Å². The Bertz CT molecular complexity index is 719. The molecule has 2 aromatic rings. The molecule has 0 spiro atoms. The largest absolute Gasteiger partial charge is 0.383 e. The molecule has 2 rings (SSSR count). The fraction of sp³-hybridized carbons (Fsp3) is 0.154. The minimum absolute atomic E-state index is 0.0500. The molecule has 0 amide bonds. The summed E-state index contributed by atoms with van der Waals surface area (Å²) < 4.78 is 38.9. The number of benzene rings is 1. The number of halogens is 1. The maximum Gasteiger partial charge on any atom is 0.246 e. The summed E-state index contributed by atoms with van der Waals surface area (Å²) in [5.41, 5.74) is 6.14. The molecule has 106 valence electrons. The number of nitrogens with two attached hydrogens (primary N) is 1. The second-order valence-electron chi connectivity index (χ2n) is 4.28. The summed E-state index contributed by atoms with van der Waals surface area (Å²) in [4.78, 5) is 3.70. The van der Waals surface area contributed by atoms with E-state index in [1.165, 1.54) is 43.6 Å². The molecule has 1 heterocycles. The van der Waals surface area contributed by atoms with Gasteiger partial charge in [0.1, 0.15) is 16.5 Å². The van der Waals surface area contributed by atoms with Gasteiger partial charge in [-0.2, -0.15) is 4.31 Å². The van der Waals surface area contributed by atoms with E-state index in [4.69, 9.17) is 5.73 Å². The van der Waals surface area contributed by atoms with Gasteiger partial charge in [-0.1, -0.05) is 12.1 Å². The predicted molar refractivity (Wildman–Crippen MR) is 73.7 cm³/mol. The Hall–Kier alpha value is -1.99. The van der Waals surface area contributed by atoms with Gasteiger partial charge in [-0.3, -0.25) is 0 Å². The Balaban J connectivity index is 2.29. The summed E-state index contributed by atoms with van der Waals surface area (Å²) in [7, 11) is -2.35. The lowest BCUT2D eigenvalue weighted by molar-refractivity contribution is 0.465. The van der Waals surface area contributed by atoms with Crippen molar-refractivity contribution >= 4 is 15.8 Å². The maximum absolute atomic E-state index is 13.1. The normalized spacial score (nSPS) is 11.8. The molecule has 0 radical (unpaired) electrons. The summed E-state index contributed by atoms with van der Waals surface area (Å²) in [6.07, 6.45) is 1.42. The molecule has 0 aliphatic carbocycles. The maximum atomic E-state index is 13.1. The Morgan fingerprint density at radius 2 is 2.05 bits per heavy atom. The fourth-order valence-electron chi connectivity index (χ4n) is 1.77. The first-order valence-electron chi connectivity index (χ1n) is 5.82. The van der Waals surface area contributed by atoms with Crippen LogP contribution in [0.3, 0.4) is 0 Å². The van der Waals surface area contributed by atoms with Crippen LogP contribution in [0.4, 0.5) is 10.2 Å². The standard InChI is InChI=1S/C13H14FN3O2S/c1-17(9-10-4-2-5-11(14)8-10)20(18,19)12-6-3-7-16-13(12)15/h2-8H,9H2,1H3,(H2,15,16). The highest BCUT2D eigenvalue weighted by molar-refractivity contribution is 7.89. The van der Waals surface area contributed by atoms with Gasteiger partial charge in [0.2, 0.25) is 10.0 Å². The first kappa shape index (κ1) is 14.4. The van der Waals surface area contributed by atoms with Crippen LogP contribution in [0.5, 0.6) is 0 Å². The van der Waals surface area contributed by atoms with E-state index in [0.29, 0.717) is 5.56 Å². The van der Waals surface area contributed by atoms with Gasteiger partial charge in [-0.05, 0) is 29.8 Å². The van der Waals surface area contributed by atoms with Crippen LogP contribution < -0.4 is 5.73 Å². The Morgan fingerprint density at radius 3 is 2.70 bits per heavy atom. The van der Waals surface area contributed by atoms with E-state index in [2.05, 4.69) is 4.98 Å². The lowest BCUT2D eigenvalue weighted by atomic mass is 10.2. The van der Waals surface area contributed by atoms with Crippen LogP contribution in [0.15, 0.2) is 47.5 Å². The third-order valence-corrected chi connectivity index (χ3v) is 4.63. The molecule has 0 bridgehead atoms. The van der Waals surface area contributed by atoms with Gasteiger partial charge in [-0.25, -0.2) is 17.8 Å². The molecule has 2 N–H and O–H groups in total. The smallest absolute Gasteiger partial charge is 0.246 e. The molecule has 20 heavy (non-hydrogen) atoms. The highest BCUT2D eigenvalue weighted by Crippen LogP contribution is 2.20. The van der Waals surface area contributed by atoms with Gasteiger partial charge in [-0.15, -0.1) is 0 Å².